The first-order valence-electron chi connectivity index (χ1n) is 5.15. The van der Waals surface area contributed by atoms with Crippen LogP contribution in [0.5, 0.6) is 0 Å². The number of unbranched alkanes of at least 4 members (excludes halogenated alkanes) is 1. The van der Waals surface area contributed by atoms with E-state index in [1.165, 1.54) is 4.90 Å². The van der Waals surface area contributed by atoms with E-state index in [0.717, 1.165) is 32.0 Å². The highest BCUT2D eigenvalue weighted by Gasteiger charge is 2.36. The predicted molar refractivity (Wildman–Crippen MR) is 52.2 cm³/mol. The summed E-state index contributed by atoms with van der Waals surface area (Å²) in [7, 11) is 0. The number of carbonyl (C=O) groups excluding carboxylic acids is 1. The predicted octanol–water partition coefficient (Wildman–Crippen LogP) is 1.74. The van der Waals surface area contributed by atoms with Crippen LogP contribution >= 0.6 is 0 Å². The maximum atomic E-state index is 10.8. The molecule has 0 saturated carbocycles. The molecule has 1 fully saturated rings. The molecule has 1 amide bonds. The van der Waals surface area contributed by atoms with Crippen LogP contribution < -0.4 is 0 Å². The van der Waals surface area contributed by atoms with Crippen LogP contribution in [0.4, 0.5) is 4.79 Å². The number of nitrogens with zero attached hydrogens (tertiary/aromatic N) is 1. The molecule has 1 heterocycles. The van der Waals surface area contributed by atoms with Crippen LogP contribution in [0.1, 0.15) is 32.6 Å². The van der Waals surface area contributed by atoms with E-state index in [1.54, 1.807) is 0 Å². The van der Waals surface area contributed by atoms with Crippen LogP contribution in [-0.2, 0) is 4.79 Å². The number of aldehydes is 1. The third-order valence-electron chi connectivity index (χ3n) is 2.90. The normalized spacial score (nSPS) is 26.5. The van der Waals surface area contributed by atoms with Crippen molar-refractivity contribution >= 4 is 12.4 Å². The van der Waals surface area contributed by atoms with Gasteiger partial charge in [0.15, 0.2) is 0 Å². The third-order valence-corrected chi connectivity index (χ3v) is 2.90. The molecular weight excluding hydrogens is 182 g/mol. The molecule has 0 aromatic heterocycles. The average molecular weight is 199 g/mol. The molecule has 1 saturated heterocycles. The fourth-order valence-corrected chi connectivity index (χ4v) is 2.07. The molecule has 1 rings (SSSR count). The van der Waals surface area contributed by atoms with Gasteiger partial charge in [0.25, 0.3) is 0 Å². The second-order valence-corrected chi connectivity index (χ2v) is 3.79. The van der Waals surface area contributed by atoms with Gasteiger partial charge in [-0.05, 0) is 18.8 Å². The Kier molecular flexibility index (Phi) is 3.92. The number of hydrogen-bond acceptors (Lipinski definition) is 2. The maximum absolute atomic E-state index is 10.8. The van der Waals surface area contributed by atoms with Crippen molar-refractivity contribution in [2.75, 3.05) is 6.54 Å². The Bertz CT molecular complexity index is 217. The lowest BCUT2D eigenvalue weighted by molar-refractivity contribution is -0.112. The Balaban J connectivity index is 2.54. The van der Waals surface area contributed by atoms with Crippen LogP contribution in [0.3, 0.4) is 0 Å². The Hall–Kier alpha value is -1.06. The zero-order chi connectivity index (χ0) is 10.6. The summed E-state index contributed by atoms with van der Waals surface area (Å²) in [6.07, 6.45) is 3.76. The van der Waals surface area contributed by atoms with Gasteiger partial charge in [-0.2, -0.15) is 0 Å². The Morgan fingerprint density at radius 1 is 1.64 bits per heavy atom. The van der Waals surface area contributed by atoms with Gasteiger partial charge < -0.3 is 9.90 Å². The van der Waals surface area contributed by atoms with E-state index in [-0.39, 0.29) is 5.92 Å². The zero-order valence-electron chi connectivity index (χ0n) is 8.48. The smallest absolute Gasteiger partial charge is 0.407 e. The minimum Gasteiger partial charge on any atom is -0.465 e. The number of hydrogen-bond donors (Lipinski definition) is 1. The summed E-state index contributed by atoms with van der Waals surface area (Å²) < 4.78 is 0. The van der Waals surface area contributed by atoms with Crippen LogP contribution in [0.2, 0.25) is 0 Å². The fourth-order valence-electron chi connectivity index (χ4n) is 2.07. The van der Waals surface area contributed by atoms with Crippen molar-refractivity contribution in [2.24, 2.45) is 5.92 Å². The average Bonchev–Trinajstić information content (AvgIpc) is 2.57. The van der Waals surface area contributed by atoms with Crippen LogP contribution in [-0.4, -0.2) is 35.0 Å². The van der Waals surface area contributed by atoms with E-state index in [9.17, 15) is 9.59 Å². The van der Waals surface area contributed by atoms with E-state index in [2.05, 4.69) is 6.92 Å². The van der Waals surface area contributed by atoms with Gasteiger partial charge in [0.1, 0.15) is 6.29 Å². The molecular formula is C10H17NO3. The summed E-state index contributed by atoms with van der Waals surface area (Å²) in [5.41, 5.74) is 0. The lowest BCUT2D eigenvalue weighted by Crippen LogP contribution is -2.37. The minimum absolute atomic E-state index is 0.239. The molecule has 0 spiro atoms. The topological polar surface area (TPSA) is 57.6 Å². The lowest BCUT2D eigenvalue weighted by atomic mass is 9.95. The Labute approximate surface area is 83.9 Å². The van der Waals surface area contributed by atoms with Gasteiger partial charge >= 0.3 is 6.09 Å². The first-order chi connectivity index (χ1) is 6.70. The molecule has 1 unspecified atom stereocenters. The van der Waals surface area contributed by atoms with E-state index < -0.39 is 12.1 Å². The molecule has 4 nitrogen and oxygen atoms in total. The molecule has 0 aromatic rings. The van der Waals surface area contributed by atoms with Crippen molar-refractivity contribution in [3.05, 3.63) is 0 Å². The second-order valence-electron chi connectivity index (χ2n) is 3.79. The SMILES string of the molecule is CCCCC1CCN(C(=O)O)[C@@H]1C=O. The Morgan fingerprint density at radius 3 is 2.86 bits per heavy atom. The van der Waals surface area contributed by atoms with E-state index in [4.69, 9.17) is 5.11 Å². The highest BCUT2D eigenvalue weighted by Crippen LogP contribution is 2.27. The van der Waals surface area contributed by atoms with Gasteiger partial charge in [0, 0.05) is 6.54 Å². The highest BCUT2D eigenvalue weighted by atomic mass is 16.4. The summed E-state index contributed by atoms with van der Waals surface area (Å²) in [5.74, 6) is 0.239. The van der Waals surface area contributed by atoms with Gasteiger partial charge in [-0.1, -0.05) is 19.8 Å². The molecule has 4 heteroatoms. The lowest BCUT2D eigenvalue weighted by Gasteiger charge is -2.20. The van der Waals surface area contributed by atoms with Gasteiger partial charge in [-0.3, -0.25) is 4.90 Å². The molecule has 1 aliphatic rings. The summed E-state index contributed by atoms with van der Waals surface area (Å²) >= 11 is 0. The van der Waals surface area contributed by atoms with Gasteiger partial charge in [0.05, 0.1) is 6.04 Å². The number of amides is 1. The Morgan fingerprint density at radius 2 is 2.36 bits per heavy atom. The van der Waals surface area contributed by atoms with Gasteiger partial charge in [-0.25, -0.2) is 4.79 Å². The van der Waals surface area contributed by atoms with Crippen molar-refractivity contribution in [1.29, 1.82) is 0 Å². The molecule has 0 aliphatic carbocycles. The molecule has 80 valence electrons. The van der Waals surface area contributed by atoms with Gasteiger partial charge in [0.2, 0.25) is 0 Å². The number of carboxylic acid groups (broad SMARTS) is 1. The molecule has 0 aromatic carbocycles. The van der Waals surface area contributed by atoms with Crippen molar-refractivity contribution in [2.45, 2.75) is 38.6 Å². The van der Waals surface area contributed by atoms with Crippen LogP contribution in [0.15, 0.2) is 0 Å². The molecule has 2 atom stereocenters. The largest absolute Gasteiger partial charge is 0.465 e. The maximum Gasteiger partial charge on any atom is 0.407 e. The van der Waals surface area contributed by atoms with Crippen LogP contribution in [0.25, 0.3) is 0 Å². The number of likely N-dealkylation sites (tertiary alicyclic amines) is 1. The molecule has 1 N–H and O–H groups in total. The second kappa shape index (κ2) is 4.98. The van der Waals surface area contributed by atoms with Crippen molar-refractivity contribution in [1.82, 2.24) is 4.90 Å². The van der Waals surface area contributed by atoms with Gasteiger partial charge in [-0.15, -0.1) is 0 Å². The van der Waals surface area contributed by atoms with E-state index in [0.29, 0.717) is 6.54 Å². The molecule has 1 aliphatic heterocycles. The molecule has 0 bridgehead atoms. The zero-order valence-corrected chi connectivity index (χ0v) is 8.48. The summed E-state index contributed by atoms with van der Waals surface area (Å²) in [5, 5.41) is 8.83. The van der Waals surface area contributed by atoms with Crippen molar-refractivity contribution < 1.29 is 14.7 Å². The number of rotatable bonds is 4. The quantitative estimate of drug-likeness (QED) is 0.702. The van der Waals surface area contributed by atoms with E-state index in [1.807, 2.05) is 0 Å². The highest BCUT2D eigenvalue weighted by molar-refractivity contribution is 5.72. The monoisotopic (exact) mass is 199 g/mol. The summed E-state index contributed by atoms with van der Waals surface area (Å²) in [6.45, 7) is 2.60. The molecule has 0 radical (unpaired) electrons. The fraction of sp³-hybridized carbons (Fsp3) is 0.800. The third kappa shape index (κ3) is 2.25. The summed E-state index contributed by atoms with van der Waals surface area (Å²) in [6, 6.07) is -0.404. The van der Waals surface area contributed by atoms with Crippen molar-refractivity contribution in [3.8, 4) is 0 Å². The van der Waals surface area contributed by atoms with Crippen LogP contribution in [0, 0.1) is 5.92 Å². The standard InChI is InChI=1S/C10H17NO3/c1-2-3-4-8-5-6-11(10(13)14)9(8)7-12/h7-9H,2-6H2,1H3,(H,13,14)/t8?,9-/m1/s1. The minimum atomic E-state index is -0.971. The molecule has 14 heavy (non-hydrogen) atoms. The number of carbonyl (C=O) groups is 2. The van der Waals surface area contributed by atoms with E-state index >= 15 is 0 Å². The first kappa shape index (κ1) is 11.0. The van der Waals surface area contributed by atoms with Crippen molar-refractivity contribution in [3.63, 3.8) is 0 Å². The first-order valence-corrected chi connectivity index (χ1v) is 5.15. The summed E-state index contributed by atoms with van der Waals surface area (Å²) in [4.78, 5) is 22.8.